The number of benzene rings is 1. The monoisotopic (exact) mass is 339 g/mol. The summed E-state index contributed by atoms with van der Waals surface area (Å²) in [6.07, 6.45) is 2.94. The van der Waals surface area contributed by atoms with Crippen molar-refractivity contribution in [2.45, 2.75) is 13.3 Å². The van der Waals surface area contributed by atoms with E-state index in [0.717, 1.165) is 33.7 Å². The van der Waals surface area contributed by atoms with E-state index in [1.54, 1.807) is 0 Å². The van der Waals surface area contributed by atoms with Crippen LogP contribution >= 0.6 is 22.6 Å². The van der Waals surface area contributed by atoms with E-state index in [4.69, 9.17) is 0 Å². The second kappa shape index (κ2) is 5.95. The van der Waals surface area contributed by atoms with Crippen molar-refractivity contribution in [2.75, 3.05) is 11.9 Å². The number of nitrogens with zero attached hydrogens (tertiary/aromatic N) is 2. The molecule has 1 aromatic carbocycles. The van der Waals surface area contributed by atoms with Crippen molar-refractivity contribution in [1.29, 1.82) is 0 Å². The van der Waals surface area contributed by atoms with Gasteiger partial charge in [0.2, 0.25) is 0 Å². The van der Waals surface area contributed by atoms with Crippen LogP contribution in [0, 0.1) is 3.57 Å². The molecule has 0 aliphatic heterocycles. The van der Waals surface area contributed by atoms with Crippen LogP contribution in [0.4, 0.5) is 5.82 Å². The van der Waals surface area contributed by atoms with Gasteiger partial charge in [-0.3, -0.25) is 0 Å². The van der Waals surface area contributed by atoms with Gasteiger partial charge in [-0.25, -0.2) is 9.97 Å². The molecule has 17 heavy (non-hydrogen) atoms. The third-order valence-corrected chi connectivity index (χ3v) is 3.11. The highest BCUT2D eigenvalue weighted by molar-refractivity contribution is 14.1. The largest absolute Gasteiger partial charge is 0.369 e. The molecule has 1 N–H and O–H groups in total. The molecule has 0 saturated heterocycles. The van der Waals surface area contributed by atoms with Gasteiger partial charge >= 0.3 is 0 Å². The average molecular weight is 339 g/mol. The van der Waals surface area contributed by atoms with Crippen LogP contribution in [0.3, 0.4) is 0 Å². The minimum Gasteiger partial charge on any atom is -0.369 e. The molecule has 0 radical (unpaired) electrons. The van der Waals surface area contributed by atoms with Gasteiger partial charge in [0.05, 0.1) is 3.57 Å². The Hall–Kier alpha value is -1.17. The predicted molar refractivity (Wildman–Crippen MR) is 79.0 cm³/mol. The summed E-state index contributed by atoms with van der Waals surface area (Å²) in [5.41, 5.74) is 1.04. The molecule has 0 fully saturated rings. The molecular formula is C13H14IN3. The molecule has 0 saturated carbocycles. The van der Waals surface area contributed by atoms with E-state index in [9.17, 15) is 0 Å². The summed E-state index contributed by atoms with van der Waals surface area (Å²) in [5, 5.41) is 3.31. The Morgan fingerprint density at radius 1 is 1.24 bits per heavy atom. The Morgan fingerprint density at radius 3 is 2.71 bits per heavy atom. The first-order chi connectivity index (χ1) is 8.31. The maximum absolute atomic E-state index is 4.55. The minimum absolute atomic E-state index is 0.768. The van der Waals surface area contributed by atoms with Crippen LogP contribution in [0.1, 0.15) is 13.3 Å². The molecule has 1 heterocycles. The molecule has 0 spiro atoms. The van der Waals surface area contributed by atoms with Crippen LogP contribution < -0.4 is 5.32 Å². The highest BCUT2D eigenvalue weighted by Crippen LogP contribution is 2.20. The highest BCUT2D eigenvalue weighted by atomic mass is 127. The molecule has 0 atom stereocenters. The summed E-state index contributed by atoms with van der Waals surface area (Å²) >= 11 is 2.25. The van der Waals surface area contributed by atoms with Gasteiger partial charge in [-0.1, -0.05) is 37.3 Å². The molecule has 88 valence electrons. The quantitative estimate of drug-likeness (QED) is 0.866. The van der Waals surface area contributed by atoms with E-state index in [2.05, 4.69) is 44.8 Å². The third kappa shape index (κ3) is 3.15. The molecule has 0 aliphatic rings. The number of aromatic nitrogens is 2. The number of halogens is 1. The van der Waals surface area contributed by atoms with Gasteiger partial charge in [0.25, 0.3) is 0 Å². The zero-order valence-electron chi connectivity index (χ0n) is 9.65. The summed E-state index contributed by atoms with van der Waals surface area (Å²) in [6, 6.07) is 10.0. The van der Waals surface area contributed by atoms with E-state index >= 15 is 0 Å². The predicted octanol–water partition coefficient (Wildman–Crippen LogP) is 3.57. The second-order valence-electron chi connectivity index (χ2n) is 3.68. The van der Waals surface area contributed by atoms with Gasteiger partial charge in [0, 0.05) is 18.3 Å². The van der Waals surface area contributed by atoms with Crippen LogP contribution in [-0.2, 0) is 0 Å². The molecule has 0 unspecified atom stereocenters. The Balaban J connectivity index is 2.31. The summed E-state index contributed by atoms with van der Waals surface area (Å²) < 4.78 is 1.05. The lowest BCUT2D eigenvalue weighted by Gasteiger charge is -2.08. The molecule has 0 bridgehead atoms. The van der Waals surface area contributed by atoms with Crippen LogP contribution in [0.5, 0.6) is 0 Å². The van der Waals surface area contributed by atoms with Gasteiger partial charge in [-0.2, -0.15) is 0 Å². The van der Waals surface area contributed by atoms with Crippen LogP contribution in [0.2, 0.25) is 0 Å². The molecule has 1 aromatic heterocycles. The number of anilines is 1. The van der Waals surface area contributed by atoms with Crippen LogP contribution in [0.15, 0.2) is 36.5 Å². The van der Waals surface area contributed by atoms with Gasteiger partial charge in [0.1, 0.15) is 5.82 Å². The van der Waals surface area contributed by atoms with Gasteiger partial charge in [0.15, 0.2) is 5.82 Å². The van der Waals surface area contributed by atoms with E-state index in [-0.39, 0.29) is 0 Å². The molecule has 0 amide bonds. The maximum Gasteiger partial charge on any atom is 0.161 e. The first-order valence-corrected chi connectivity index (χ1v) is 6.71. The summed E-state index contributed by atoms with van der Waals surface area (Å²) in [5.74, 6) is 1.69. The van der Waals surface area contributed by atoms with Crippen molar-refractivity contribution >= 4 is 28.4 Å². The zero-order chi connectivity index (χ0) is 12.1. The Morgan fingerprint density at radius 2 is 2.00 bits per heavy atom. The van der Waals surface area contributed by atoms with Crippen molar-refractivity contribution in [3.05, 3.63) is 40.1 Å². The minimum atomic E-state index is 0.768. The lowest BCUT2D eigenvalue weighted by atomic mass is 10.2. The third-order valence-electron chi connectivity index (χ3n) is 2.32. The molecule has 2 aromatic rings. The van der Waals surface area contributed by atoms with E-state index < -0.39 is 0 Å². The normalized spacial score (nSPS) is 10.2. The molecule has 0 aliphatic carbocycles. The Bertz CT molecular complexity index is 485. The van der Waals surface area contributed by atoms with Gasteiger partial charge < -0.3 is 5.32 Å². The first-order valence-electron chi connectivity index (χ1n) is 5.63. The Labute approximate surface area is 115 Å². The van der Waals surface area contributed by atoms with Crippen LogP contribution in [0.25, 0.3) is 11.4 Å². The summed E-state index contributed by atoms with van der Waals surface area (Å²) in [7, 11) is 0. The molecule has 3 nitrogen and oxygen atoms in total. The van der Waals surface area contributed by atoms with Crippen LogP contribution in [-0.4, -0.2) is 16.5 Å². The molecule has 2 rings (SSSR count). The smallest absolute Gasteiger partial charge is 0.161 e. The SMILES string of the molecule is CCCNc1nc(-c2ccccc2)ncc1I. The van der Waals surface area contributed by atoms with Crippen molar-refractivity contribution in [2.24, 2.45) is 0 Å². The van der Waals surface area contributed by atoms with E-state index in [0.29, 0.717) is 0 Å². The van der Waals surface area contributed by atoms with E-state index in [1.165, 1.54) is 0 Å². The van der Waals surface area contributed by atoms with E-state index in [1.807, 2.05) is 36.5 Å². The second-order valence-corrected chi connectivity index (χ2v) is 4.85. The van der Waals surface area contributed by atoms with Gasteiger partial charge in [-0.15, -0.1) is 0 Å². The average Bonchev–Trinajstić information content (AvgIpc) is 2.39. The first kappa shape index (κ1) is 12.3. The topological polar surface area (TPSA) is 37.8 Å². The summed E-state index contributed by atoms with van der Waals surface area (Å²) in [4.78, 5) is 8.91. The van der Waals surface area contributed by atoms with Crippen molar-refractivity contribution in [3.8, 4) is 11.4 Å². The standard InChI is InChI=1S/C13H14IN3/c1-2-8-15-13-11(14)9-16-12(17-13)10-6-4-3-5-7-10/h3-7,9H,2,8H2,1H3,(H,15,16,17). The maximum atomic E-state index is 4.55. The number of hydrogen-bond donors (Lipinski definition) is 1. The zero-order valence-corrected chi connectivity index (χ0v) is 11.8. The highest BCUT2D eigenvalue weighted by Gasteiger charge is 2.05. The number of nitrogens with one attached hydrogen (secondary N) is 1. The summed E-state index contributed by atoms with van der Waals surface area (Å²) in [6.45, 7) is 3.07. The molecular weight excluding hydrogens is 325 g/mol. The fraction of sp³-hybridized carbons (Fsp3) is 0.231. The van der Waals surface area contributed by atoms with Gasteiger partial charge in [-0.05, 0) is 29.0 Å². The Kier molecular flexibility index (Phi) is 4.30. The van der Waals surface area contributed by atoms with Crippen molar-refractivity contribution < 1.29 is 0 Å². The van der Waals surface area contributed by atoms with Crippen molar-refractivity contribution in [1.82, 2.24) is 9.97 Å². The molecule has 4 heteroatoms. The fourth-order valence-electron chi connectivity index (χ4n) is 1.46. The van der Waals surface area contributed by atoms with Crippen molar-refractivity contribution in [3.63, 3.8) is 0 Å². The lowest BCUT2D eigenvalue weighted by molar-refractivity contribution is 0.963. The number of hydrogen-bond acceptors (Lipinski definition) is 3. The fourth-order valence-corrected chi connectivity index (χ4v) is 1.91. The number of rotatable bonds is 4. The lowest BCUT2D eigenvalue weighted by Crippen LogP contribution is -2.05.